The molecule has 74 valence electrons. The van der Waals surface area contributed by atoms with Crippen LogP contribution in [0.1, 0.15) is 26.2 Å². The van der Waals surface area contributed by atoms with Gasteiger partial charge in [0.25, 0.3) is 0 Å². The number of aliphatic hydroxyl groups is 1. The molecule has 3 heteroatoms. The highest BCUT2D eigenvalue weighted by Gasteiger charge is 2.00. The quantitative estimate of drug-likeness (QED) is 0.540. The van der Waals surface area contributed by atoms with Gasteiger partial charge in [-0.25, -0.2) is 0 Å². The number of rotatable bonds is 7. The molecule has 0 aliphatic carbocycles. The first-order chi connectivity index (χ1) is 5.66. The number of nitrogens with zero attached hydrogens (tertiary/aromatic N) is 1. The normalized spacial score (nSPS) is 13.8. The number of hydrogen-bond acceptors (Lipinski definition) is 2. The van der Waals surface area contributed by atoms with Crippen molar-refractivity contribution in [2.45, 2.75) is 32.3 Å². The van der Waals surface area contributed by atoms with Crippen molar-refractivity contribution >= 4 is 15.9 Å². The number of alkyl halides is 1. The molecule has 0 radical (unpaired) electrons. The predicted octanol–water partition coefficient (Wildman–Crippen LogP) is 1.86. The second-order valence-electron chi connectivity index (χ2n) is 3.34. The Labute approximate surface area is 84.1 Å². The van der Waals surface area contributed by atoms with Crippen molar-refractivity contribution < 1.29 is 5.11 Å². The predicted molar refractivity (Wildman–Crippen MR) is 56.8 cm³/mol. The Bertz CT molecular complexity index is 98.5. The molecular weight excluding hydrogens is 218 g/mol. The van der Waals surface area contributed by atoms with Gasteiger partial charge in [-0.05, 0) is 39.8 Å². The van der Waals surface area contributed by atoms with E-state index in [0.717, 1.165) is 24.8 Å². The lowest BCUT2D eigenvalue weighted by Gasteiger charge is -2.16. The smallest absolute Gasteiger partial charge is 0.0524 e. The molecule has 0 heterocycles. The average Bonchev–Trinajstić information content (AvgIpc) is 2.01. The number of aliphatic hydroxyl groups excluding tert-OH is 1. The fourth-order valence-electron chi connectivity index (χ4n) is 0.995. The van der Waals surface area contributed by atoms with Crippen LogP contribution in [0.5, 0.6) is 0 Å². The summed E-state index contributed by atoms with van der Waals surface area (Å²) in [4.78, 5) is 2.27. The number of unbranched alkanes of at least 4 members (excludes halogenated alkanes) is 1. The Hall–Kier alpha value is 0.400. The van der Waals surface area contributed by atoms with E-state index >= 15 is 0 Å². The van der Waals surface area contributed by atoms with Gasteiger partial charge < -0.3 is 10.0 Å². The van der Waals surface area contributed by atoms with E-state index in [2.05, 4.69) is 27.9 Å². The first kappa shape index (κ1) is 12.4. The lowest BCUT2D eigenvalue weighted by atomic mass is 10.2. The third kappa shape index (κ3) is 8.50. The third-order valence-electron chi connectivity index (χ3n) is 1.85. The molecule has 0 rings (SSSR count). The van der Waals surface area contributed by atoms with Crippen LogP contribution in [-0.2, 0) is 0 Å². The van der Waals surface area contributed by atoms with E-state index < -0.39 is 0 Å². The van der Waals surface area contributed by atoms with E-state index in [4.69, 9.17) is 5.11 Å². The largest absolute Gasteiger partial charge is 0.393 e. The molecule has 1 unspecified atom stereocenters. The fourth-order valence-corrected chi connectivity index (χ4v) is 1.39. The maximum atomic E-state index is 9.04. The van der Waals surface area contributed by atoms with Crippen LogP contribution in [0.4, 0.5) is 0 Å². The van der Waals surface area contributed by atoms with Gasteiger partial charge in [0.2, 0.25) is 0 Å². The molecule has 0 aromatic rings. The van der Waals surface area contributed by atoms with Gasteiger partial charge >= 0.3 is 0 Å². The van der Waals surface area contributed by atoms with Gasteiger partial charge in [-0.3, -0.25) is 0 Å². The van der Waals surface area contributed by atoms with Gasteiger partial charge in [-0.1, -0.05) is 15.9 Å². The molecule has 1 N–H and O–H groups in total. The summed E-state index contributed by atoms with van der Waals surface area (Å²) in [6.45, 7) is 3.98. The Morgan fingerprint density at radius 3 is 2.50 bits per heavy atom. The van der Waals surface area contributed by atoms with E-state index in [1.54, 1.807) is 0 Å². The first-order valence-electron chi connectivity index (χ1n) is 4.59. The second-order valence-corrected chi connectivity index (χ2v) is 4.13. The lowest BCUT2D eigenvalue weighted by Crippen LogP contribution is -2.23. The van der Waals surface area contributed by atoms with E-state index in [0.29, 0.717) is 0 Å². The summed E-state index contributed by atoms with van der Waals surface area (Å²) < 4.78 is 0. The van der Waals surface area contributed by atoms with E-state index in [9.17, 15) is 0 Å². The maximum Gasteiger partial charge on any atom is 0.0524 e. The number of halogens is 1. The topological polar surface area (TPSA) is 23.5 Å². The van der Waals surface area contributed by atoms with Crippen LogP contribution in [-0.4, -0.2) is 41.6 Å². The van der Waals surface area contributed by atoms with Crippen LogP contribution in [0.3, 0.4) is 0 Å². The molecule has 0 amide bonds. The van der Waals surface area contributed by atoms with E-state index in [1.165, 1.54) is 12.8 Å². The molecule has 2 nitrogen and oxygen atoms in total. The Morgan fingerprint density at radius 1 is 1.33 bits per heavy atom. The van der Waals surface area contributed by atoms with Crippen molar-refractivity contribution in [1.29, 1.82) is 0 Å². The van der Waals surface area contributed by atoms with Crippen LogP contribution < -0.4 is 0 Å². The van der Waals surface area contributed by atoms with Crippen molar-refractivity contribution in [3.63, 3.8) is 0 Å². The van der Waals surface area contributed by atoms with Crippen LogP contribution in [0.15, 0.2) is 0 Å². The van der Waals surface area contributed by atoms with Crippen molar-refractivity contribution in [3.8, 4) is 0 Å². The number of hydrogen-bond donors (Lipinski definition) is 1. The Morgan fingerprint density at radius 2 is 2.00 bits per heavy atom. The SMILES string of the molecule is CC(O)CCN(C)CCCCBr. The molecule has 12 heavy (non-hydrogen) atoms. The minimum atomic E-state index is -0.163. The van der Waals surface area contributed by atoms with Gasteiger partial charge in [-0.15, -0.1) is 0 Å². The lowest BCUT2D eigenvalue weighted by molar-refractivity contribution is 0.164. The highest BCUT2D eigenvalue weighted by molar-refractivity contribution is 9.09. The molecular formula is C9H20BrNO. The standard InChI is InChI=1S/C9H20BrNO/c1-9(12)5-8-11(2)7-4-3-6-10/h9,12H,3-8H2,1-2H3. The van der Waals surface area contributed by atoms with Crippen molar-refractivity contribution in [1.82, 2.24) is 4.90 Å². The average molecular weight is 238 g/mol. The third-order valence-corrected chi connectivity index (χ3v) is 2.41. The molecule has 0 aromatic carbocycles. The molecule has 0 saturated carbocycles. The molecule has 0 spiro atoms. The molecule has 1 atom stereocenters. The molecule has 0 fully saturated rings. The monoisotopic (exact) mass is 237 g/mol. The van der Waals surface area contributed by atoms with Gasteiger partial charge in [-0.2, -0.15) is 0 Å². The van der Waals surface area contributed by atoms with Gasteiger partial charge in [0.05, 0.1) is 6.10 Å². The summed E-state index contributed by atoms with van der Waals surface area (Å²) in [5.74, 6) is 0. The summed E-state index contributed by atoms with van der Waals surface area (Å²) in [7, 11) is 2.11. The first-order valence-corrected chi connectivity index (χ1v) is 5.71. The van der Waals surface area contributed by atoms with Gasteiger partial charge in [0.1, 0.15) is 0 Å². The zero-order chi connectivity index (χ0) is 9.40. The zero-order valence-electron chi connectivity index (χ0n) is 8.09. The van der Waals surface area contributed by atoms with Crippen LogP contribution in [0.2, 0.25) is 0 Å². The second kappa shape index (κ2) is 8.02. The Kier molecular flexibility index (Phi) is 8.29. The summed E-state index contributed by atoms with van der Waals surface area (Å²) in [6, 6.07) is 0. The summed E-state index contributed by atoms with van der Waals surface area (Å²) in [5, 5.41) is 10.1. The van der Waals surface area contributed by atoms with Crippen LogP contribution in [0, 0.1) is 0 Å². The highest BCUT2D eigenvalue weighted by atomic mass is 79.9. The summed E-state index contributed by atoms with van der Waals surface area (Å²) in [6.07, 6.45) is 3.19. The summed E-state index contributed by atoms with van der Waals surface area (Å²) >= 11 is 3.40. The fraction of sp³-hybridized carbons (Fsp3) is 1.00. The molecule has 0 saturated heterocycles. The molecule has 0 aliphatic rings. The van der Waals surface area contributed by atoms with Crippen LogP contribution >= 0.6 is 15.9 Å². The molecule has 0 aliphatic heterocycles. The van der Waals surface area contributed by atoms with Gasteiger partial charge in [0, 0.05) is 11.9 Å². The van der Waals surface area contributed by atoms with E-state index in [1.807, 2.05) is 6.92 Å². The van der Waals surface area contributed by atoms with Gasteiger partial charge in [0.15, 0.2) is 0 Å². The zero-order valence-corrected chi connectivity index (χ0v) is 9.68. The summed E-state index contributed by atoms with van der Waals surface area (Å²) in [5.41, 5.74) is 0. The minimum Gasteiger partial charge on any atom is -0.393 e. The van der Waals surface area contributed by atoms with Crippen LogP contribution in [0.25, 0.3) is 0 Å². The Balaban J connectivity index is 3.15. The molecule has 0 bridgehead atoms. The van der Waals surface area contributed by atoms with Crippen molar-refractivity contribution in [3.05, 3.63) is 0 Å². The molecule has 0 aromatic heterocycles. The minimum absolute atomic E-state index is 0.163. The maximum absolute atomic E-state index is 9.04. The van der Waals surface area contributed by atoms with Crippen molar-refractivity contribution in [2.75, 3.05) is 25.5 Å². The van der Waals surface area contributed by atoms with E-state index in [-0.39, 0.29) is 6.10 Å². The highest BCUT2D eigenvalue weighted by Crippen LogP contribution is 1.98. The van der Waals surface area contributed by atoms with Crippen molar-refractivity contribution in [2.24, 2.45) is 0 Å².